The fraction of sp³-hybridized carbons (Fsp3) is 0.250. The van der Waals surface area contributed by atoms with Gasteiger partial charge in [-0.25, -0.2) is 0 Å². The molecule has 2 aromatic carbocycles. The van der Waals surface area contributed by atoms with Crippen LogP contribution in [0.5, 0.6) is 0 Å². The number of benzene rings is 2. The van der Waals surface area contributed by atoms with Gasteiger partial charge >= 0.3 is 0 Å². The SMILES string of the molecule is CCOCCCNC(=O)c1ccccc1-c1nc(-c2ccc(Cl)cc2)no1. The minimum atomic E-state index is -0.187. The molecule has 1 amide bonds. The van der Waals surface area contributed by atoms with Crippen LogP contribution in [0, 0.1) is 0 Å². The molecule has 0 aliphatic heterocycles. The summed E-state index contributed by atoms with van der Waals surface area (Å²) in [5, 5.41) is 7.53. The number of nitrogens with zero attached hydrogens (tertiary/aromatic N) is 2. The Bertz CT molecular complexity index is 893. The van der Waals surface area contributed by atoms with Crippen LogP contribution >= 0.6 is 11.6 Å². The van der Waals surface area contributed by atoms with Gasteiger partial charge in [0, 0.05) is 30.3 Å². The molecule has 0 bridgehead atoms. The fourth-order valence-corrected chi connectivity index (χ4v) is 2.66. The first-order valence-corrected chi connectivity index (χ1v) is 9.12. The normalized spacial score (nSPS) is 10.7. The quantitative estimate of drug-likeness (QED) is 0.587. The van der Waals surface area contributed by atoms with Crippen LogP contribution in [0.2, 0.25) is 5.02 Å². The van der Waals surface area contributed by atoms with E-state index < -0.39 is 0 Å². The van der Waals surface area contributed by atoms with Crippen LogP contribution in [-0.2, 0) is 4.74 Å². The van der Waals surface area contributed by atoms with E-state index in [0.717, 1.165) is 12.0 Å². The summed E-state index contributed by atoms with van der Waals surface area (Å²) in [7, 11) is 0. The number of aromatic nitrogens is 2. The Morgan fingerprint density at radius 2 is 1.96 bits per heavy atom. The highest BCUT2D eigenvalue weighted by atomic mass is 35.5. The maximum absolute atomic E-state index is 12.5. The molecular formula is C20H20ClN3O3. The van der Waals surface area contributed by atoms with Gasteiger partial charge < -0.3 is 14.6 Å². The molecule has 0 saturated carbocycles. The fourth-order valence-electron chi connectivity index (χ4n) is 2.53. The Balaban J connectivity index is 1.76. The summed E-state index contributed by atoms with van der Waals surface area (Å²) in [5.41, 5.74) is 1.86. The smallest absolute Gasteiger partial charge is 0.259 e. The predicted molar refractivity (Wildman–Crippen MR) is 104 cm³/mol. The molecule has 1 N–H and O–H groups in total. The summed E-state index contributed by atoms with van der Waals surface area (Å²) in [6.45, 7) is 3.76. The first-order chi connectivity index (χ1) is 13.2. The predicted octanol–water partition coefficient (Wildman–Crippen LogP) is 4.21. The molecule has 0 spiro atoms. The van der Waals surface area contributed by atoms with Crippen LogP contribution in [0.1, 0.15) is 23.7 Å². The van der Waals surface area contributed by atoms with Crippen molar-refractivity contribution in [1.29, 1.82) is 0 Å². The van der Waals surface area contributed by atoms with E-state index in [-0.39, 0.29) is 5.91 Å². The second-order valence-corrected chi connectivity index (χ2v) is 6.22. The number of rotatable bonds is 8. The zero-order valence-electron chi connectivity index (χ0n) is 14.9. The Labute approximate surface area is 162 Å². The van der Waals surface area contributed by atoms with Crippen molar-refractivity contribution in [2.75, 3.05) is 19.8 Å². The van der Waals surface area contributed by atoms with Crippen LogP contribution in [0.3, 0.4) is 0 Å². The maximum atomic E-state index is 12.5. The van der Waals surface area contributed by atoms with Crippen molar-refractivity contribution in [3.05, 3.63) is 59.1 Å². The first-order valence-electron chi connectivity index (χ1n) is 8.74. The molecule has 0 atom stereocenters. The summed E-state index contributed by atoms with van der Waals surface area (Å²) in [4.78, 5) is 17.0. The minimum absolute atomic E-state index is 0.187. The van der Waals surface area contributed by atoms with Gasteiger partial charge in [0.1, 0.15) is 0 Å². The van der Waals surface area contributed by atoms with E-state index in [9.17, 15) is 4.79 Å². The van der Waals surface area contributed by atoms with Gasteiger partial charge in [0.15, 0.2) is 0 Å². The lowest BCUT2D eigenvalue weighted by Gasteiger charge is -2.07. The third kappa shape index (κ3) is 4.93. The highest BCUT2D eigenvalue weighted by Gasteiger charge is 2.17. The average molecular weight is 386 g/mol. The van der Waals surface area contributed by atoms with Gasteiger partial charge in [-0.3, -0.25) is 4.79 Å². The van der Waals surface area contributed by atoms with Crippen LogP contribution in [-0.4, -0.2) is 35.8 Å². The molecule has 140 valence electrons. The standard InChI is InChI=1S/C20H20ClN3O3/c1-2-26-13-5-12-22-19(25)16-6-3-4-7-17(16)20-23-18(24-27-20)14-8-10-15(21)11-9-14/h3-4,6-11H,2,5,12-13H2,1H3,(H,22,25). The topological polar surface area (TPSA) is 77.2 Å². The second-order valence-electron chi connectivity index (χ2n) is 5.78. The Hall–Kier alpha value is -2.70. The molecule has 0 saturated heterocycles. The van der Waals surface area contributed by atoms with Crippen LogP contribution in [0.25, 0.3) is 22.8 Å². The molecule has 0 aliphatic carbocycles. The van der Waals surface area contributed by atoms with E-state index in [1.807, 2.05) is 25.1 Å². The lowest BCUT2D eigenvalue weighted by atomic mass is 10.1. The summed E-state index contributed by atoms with van der Waals surface area (Å²) in [5.74, 6) is 0.543. The molecule has 0 radical (unpaired) electrons. The molecule has 0 fully saturated rings. The molecule has 1 aromatic heterocycles. The van der Waals surface area contributed by atoms with E-state index in [2.05, 4.69) is 15.5 Å². The molecule has 3 aromatic rings. The maximum Gasteiger partial charge on any atom is 0.259 e. The number of ether oxygens (including phenoxy) is 1. The van der Waals surface area contributed by atoms with Crippen molar-refractivity contribution in [3.8, 4) is 22.8 Å². The van der Waals surface area contributed by atoms with Crippen molar-refractivity contribution in [1.82, 2.24) is 15.5 Å². The zero-order valence-corrected chi connectivity index (χ0v) is 15.7. The molecular weight excluding hydrogens is 366 g/mol. The third-order valence-corrected chi connectivity index (χ3v) is 4.14. The summed E-state index contributed by atoms with van der Waals surface area (Å²) < 4.78 is 10.7. The third-order valence-electron chi connectivity index (χ3n) is 3.89. The Morgan fingerprint density at radius 1 is 1.19 bits per heavy atom. The van der Waals surface area contributed by atoms with Gasteiger partial charge in [0.25, 0.3) is 11.8 Å². The Kier molecular flexibility index (Phi) is 6.57. The molecule has 0 unspecified atom stereocenters. The largest absolute Gasteiger partial charge is 0.382 e. The van der Waals surface area contributed by atoms with Crippen molar-refractivity contribution in [2.24, 2.45) is 0 Å². The number of halogens is 1. The highest BCUT2D eigenvalue weighted by Crippen LogP contribution is 2.25. The molecule has 0 aliphatic rings. The molecule has 27 heavy (non-hydrogen) atoms. The monoisotopic (exact) mass is 385 g/mol. The summed E-state index contributed by atoms with van der Waals surface area (Å²) >= 11 is 5.91. The number of carbonyl (C=O) groups is 1. The van der Waals surface area contributed by atoms with Crippen LogP contribution in [0.15, 0.2) is 53.1 Å². The van der Waals surface area contributed by atoms with Gasteiger partial charge in [-0.05, 0) is 49.7 Å². The number of hydrogen-bond donors (Lipinski definition) is 1. The van der Waals surface area contributed by atoms with Crippen molar-refractivity contribution in [2.45, 2.75) is 13.3 Å². The van der Waals surface area contributed by atoms with Crippen molar-refractivity contribution in [3.63, 3.8) is 0 Å². The first kappa shape index (κ1) is 19.1. The zero-order chi connectivity index (χ0) is 19.1. The molecule has 6 nitrogen and oxygen atoms in total. The van der Waals surface area contributed by atoms with Gasteiger partial charge in [-0.15, -0.1) is 0 Å². The van der Waals surface area contributed by atoms with E-state index >= 15 is 0 Å². The lowest BCUT2D eigenvalue weighted by molar-refractivity contribution is 0.0944. The van der Waals surface area contributed by atoms with Gasteiger partial charge in [0.2, 0.25) is 5.82 Å². The summed E-state index contributed by atoms with van der Waals surface area (Å²) in [6.07, 6.45) is 0.753. The molecule has 3 rings (SSSR count). The minimum Gasteiger partial charge on any atom is -0.382 e. The number of amides is 1. The van der Waals surface area contributed by atoms with Gasteiger partial charge in [0.05, 0.1) is 11.1 Å². The number of nitrogens with one attached hydrogen (secondary N) is 1. The van der Waals surface area contributed by atoms with E-state index in [0.29, 0.717) is 47.6 Å². The second kappa shape index (κ2) is 9.30. The highest BCUT2D eigenvalue weighted by molar-refractivity contribution is 6.30. The molecule has 7 heteroatoms. The van der Waals surface area contributed by atoms with Gasteiger partial charge in [-0.1, -0.05) is 28.9 Å². The van der Waals surface area contributed by atoms with E-state index in [1.165, 1.54) is 0 Å². The van der Waals surface area contributed by atoms with Crippen LogP contribution in [0.4, 0.5) is 0 Å². The van der Waals surface area contributed by atoms with Crippen molar-refractivity contribution >= 4 is 17.5 Å². The van der Waals surface area contributed by atoms with Crippen LogP contribution < -0.4 is 5.32 Å². The van der Waals surface area contributed by atoms with E-state index in [1.54, 1.807) is 30.3 Å². The van der Waals surface area contributed by atoms with Gasteiger partial charge in [-0.2, -0.15) is 4.98 Å². The van der Waals surface area contributed by atoms with Crippen molar-refractivity contribution < 1.29 is 14.1 Å². The summed E-state index contributed by atoms with van der Waals surface area (Å²) in [6, 6.07) is 14.3. The number of carbonyl (C=O) groups excluding carboxylic acids is 1. The Morgan fingerprint density at radius 3 is 2.74 bits per heavy atom. The molecule has 1 heterocycles. The number of hydrogen-bond acceptors (Lipinski definition) is 5. The lowest BCUT2D eigenvalue weighted by Crippen LogP contribution is -2.25. The average Bonchev–Trinajstić information content (AvgIpc) is 3.18. The van der Waals surface area contributed by atoms with E-state index in [4.69, 9.17) is 20.9 Å².